The van der Waals surface area contributed by atoms with Crippen LogP contribution in [0.15, 0.2) is 78.9 Å². The monoisotopic (exact) mass is 416 g/mol. The van der Waals surface area contributed by atoms with E-state index < -0.39 is 17.9 Å². The van der Waals surface area contributed by atoms with Crippen LogP contribution in [0.3, 0.4) is 0 Å². The predicted molar refractivity (Wildman–Crippen MR) is 117 cm³/mol. The van der Waals surface area contributed by atoms with Crippen LogP contribution < -0.4 is 0 Å². The molecule has 31 heavy (non-hydrogen) atoms. The topological polar surface area (TPSA) is 69.7 Å². The van der Waals surface area contributed by atoms with Gasteiger partial charge in [-0.2, -0.15) is 0 Å². The average molecular weight is 416 g/mol. The van der Waals surface area contributed by atoms with Crippen molar-refractivity contribution in [3.8, 4) is 0 Å². The minimum absolute atomic E-state index is 0.104. The fourth-order valence-electron chi connectivity index (χ4n) is 3.14. The van der Waals surface area contributed by atoms with E-state index in [1.165, 1.54) is 5.56 Å². The number of esters is 3. The molecule has 5 nitrogen and oxygen atoms in total. The molecule has 0 amide bonds. The summed E-state index contributed by atoms with van der Waals surface area (Å²) in [6, 6.07) is 22.5. The molecule has 0 bridgehead atoms. The molecule has 3 aromatic carbocycles. The van der Waals surface area contributed by atoms with Crippen LogP contribution in [-0.2, 0) is 22.3 Å². The summed E-state index contributed by atoms with van der Waals surface area (Å²) in [5.41, 5.74) is 2.87. The molecule has 0 fully saturated rings. The fraction of sp³-hybridized carbons (Fsp3) is 0.192. The quantitative estimate of drug-likeness (QED) is 0.380. The molecule has 5 heteroatoms. The Morgan fingerprint density at radius 1 is 0.677 bits per heavy atom. The number of hydrogen-bond acceptors (Lipinski definition) is 5. The van der Waals surface area contributed by atoms with Gasteiger partial charge in [0.15, 0.2) is 0 Å². The van der Waals surface area contributed by atoms with Crippen molar-refractivity contribution in [1.29, 1.82) is 0 Å². The number of rotatable bonds is 8. The maximum Gasteiger partial charge on any atom is 0.346 e. The van der Waals surface area contributed by atoms with Crippen molar-refractivity contribution in [2.24, 2.45) is 0 Å². The molecule has 0 saturated carbocycles. The van der Waals surface area contributed by atoms with Gasteiger partial charge in [-0.05, 0) is 47.9 Å². The molecular weight excluding hydrogens is 392 g/mol. The van der Waals surface area contributed by atoms with Crippen molar-refractivity contribution in [2.45, 2.75) is 26.2 Å². The number of ether oxygens (including phenoxy) is 2. The number of benzene rings is 3. The van der Waals surface area contributed by atoms with E-state index in [1.54, 1.807) is 66.7 Å². The van der Waals surface area contributed by atoms with Crippen molar-refractivity contribution in [3.05, 3.63) is 107 Å². The van der Waals surface area contributed by atoms with E-state index in [4.69, 9.17) is 9.47 Å². The molecule has 0 N–H and O–H groups in total. The Morgan fingerprint density at radius 3 is 2.03 bits per heavy atom. The molecule has 0 heterocycles. The highest BCUT2D eigenvalue weighted by atomic mass is 16.6. The lowest BCUT2D eigenvalue weighted by Gasteiger charge is -2.10. The van der Waals surface area contributed by atoms with E-state index in [0.717, 1.165) is 12.8 Å². The number of hydrogen-bond donors (Lipinski definition) is 0. The van der Waals surface area contributed by atoms with Crippen molar-refractivity contribution < 1.29 is 23.9 Å². The van der Waals surface area contributed by atoms with Crippen molar-refractivity contribution in [1.82, 2.24) is 0 Å². The second-order valence-corrected chi connectivity index (χ2v) is 7.03. The third-order valence-electron chi connectivity index (χ3n) is 4.77. The van der Waals surface area contributed by atoms with Crippen LogP contribution >= 0.6 is 0 Å². The van der Waals surface area contributed by atoms with Gasteiger partial charge in [-0.25, -0.2) is 14.4 Å². The summed E-state index contributed by atoms with van der Waals surface area (Å²) in [5, 5.41) is 0. The van der Waals surface area contributed by atoms with Crippen LogP contribution in [0.5, 0.6) is 0 Å². The van der Waals surface area contributed by atoms with Crippen LogP contribution in [0.4, 0.5) is 0 Å². The van der Waals surface area contributed by atoms with Crippen LogP contribution in [0, 0.1) is 0 Å². The van der Waals surface area contributed by atoms with E-state index in [1.807, 2.05) is 12.1 Å². The Morgan fingerprint density at radius 2 is 1.32 bits per heavy atom. The van der Waals surface area contributed by atoms with Crippen LogP contribution in [0.1, 0.15) is 55.5 Å². The third kappa shape index (κ3) is 6.12. The summed E-state index contributed by atoms with van der Waals surface area (Å²) in [5.74, 6) is -1.86. The van der Waals surface area contributed by atoms with E-state index >= 15 is 0 Å². The fourth-order valence-corrected chi connectivity index (χ4v) is 3.14. The SMILES string of the molecule is CCCc1ccc(C(=O)OCCc2ccccc2C(=O)OC(=O)c2ccccc2)cc1. The molecule has 0 aliphatic carbocycles. The normalized spacial score (nSPS) is 10.4. The molecule has 0 aliphatic rings. The molecule has 0 atom stereocenters. The van der Waals surface area contributed by atoms with E-state index in [-0.39, 0.29) is 12.2 Å². The molecule has 158 valence electrons. The van der Waals surface area contributed by atoms with Gasteiger partial charge in [0.25, 0.3) is 0 Å². The minimum Gasteiger partial charge on any atom is -0.462 e. The van der Waals surface area contributed by atoms with Gasteiger partial charge in [0.05, 0.1) is 23.3 Å². The Balaban J connectivity index is 1.58. The van der Waals surface area contributed by atoms with Crippen molar-refractivity contribution >= 4 is 17.9 Å². The number of carbonyl (C=O) groups is 3. The first kappa shape index (κ1) is 22.0. The molecule has 3 aromatic rings. The Labute approximate surface area is 181 Å². The van der Waals surface area contributed by atoms with E-state index in [2.05, 4.69) is 6.92 Å². The van der Waals surface area contributed by atoms with Gasteiger partial charge < -0.3 is 9.47 Å². The molecule has 0 spiro atoms. The maximum atomic E-state index is 12.5. The van der Waals surface area contributed by atoms with E-state index in [0.29, 0.717) is 23.1 Å². The highest BCUT2D eigenvalue weighted by Crippen LogP contribution is 2.14. The first-order valence-corrected chi connectivity index (χ1v) is 10.2. The zero-order chi connectivity index (χ0) is 22.1. The second-order valence-electron chi connectivity index (χ2n) is 7.03. The zero-order valence-corrected chi connectivity index (χ0v) is 17.4. The summed E-state index contributed by atoms with van der Waals surface area (Å²) >= 11 is 0. The van der Waals surface area contributed by atoms with Gasteiger partial charge in [0.1, 0.15) is 0 Å². The standard InChI is InChI=1S/C26H24O5/c1-2-8-19-13-15-22(16-14-19)24(27)30-18-17-20-9-6-7-12-23(20)26(29)31-25(28)21-10-4-3-5-11-21/h3-7,9-16H,2,8,17-18H2,1H3. The lowest BCUT2D eigenvalue weighted by atomic mass is 10.1. The molecule has 3 rings (SSSR count). The van der Waals surface area contributed by atoms with Crippen LogP contribution in [-0.4, -0.2) is 24.5 Å². The third-order valence-corrected chi connectivity index (χ3v) is 4.77. The first-order chi connectivity index (χ1) is 15.1. The van der Waals surface area contributed by atoms with Gasteiger partial charge in [-0.3, -0.25) is 0 Å². The van der Waals surface area contributed by atoms with Gasteiger partial charge in [-0.15, -0.1) is 0 Å². The average Bonchev–Trinajstić information content (AvgIpc) is 2.80. The lowest BCUT2D eigenvalue weighted by Crippen LogP contribution is -2.15. The highest BCUT2D eigenvalue weighted by molar-refractivity contribution is 6.03. The number of aryl methyl sites for hydroxylation is 1. The zero-order valence-electron chi connectivity index (χ0n) is 17.4. The molecule has 0 radical (unpaired) electrons. The van der Waals surface area contributed by atoms with E-state index in [9.17, 15) is 14.4 Å². The smallest absolute Gasteiger partial charge is 0.346 e. The van der Waals surface area contributed by atoms with Gasteiger partial charge in [0.2, 0.25) is 0 Å². The summed E-state index contributed by atoms with van der Waals surface area (Å²) < 4.78 is 10.4. The Hall–Kier alpha value is -3.73. The largest absolute Gasteiger partial charge is 0.462 e. The molecule has 0 aromatic heterocycles. The maximum absolute atomic E-state index is 12.5. The highest BCUT2D eigenvalue weighted by Gasteiger charge is 2.18. The van der Waals surface area contributed by atoms with Gasteiger partial charge in [-0.1, -0.05) is 61.9 Å². The van der Waals surface area contributed by atoms with Gasteiger partial charge in [0, 0.05) is 6.42 Å². The molecule has 0 aliphatic heterocycles. The summed E-state index contributed by atoms with van der Waals surface area (Å²) in [6.45, 7) is 2.21. The minimum atomic E-state index is -0.734. The van der Waals surface area contributed by atoms with Gasteiger partial charge >= 0.3 is 17.9 Å². The molecular formula is C26H24O5. The lowest BCUT2D eigenvalue weighted by molar-refractivity contribution is 0.0397. The predicted octanol–water partition coefficient (Wildman–Crippen LogP) is 5.04. The summed E-state index contributed by atoms with van der Waals surface area (Å²) in [7, 11) is 0. The van der Waals surface area contributed by atoms with Crippen molar-refractivity contribution in [2.75, 3.05) is 6.61 Å². The van der Waals surface area contributed by atoms with Crippen molar-refractivity contribution in [3.63, 3.8) is 0 Å². The second kappa shape index (κ2) is 10.9. The van der Waals surface area contributed by atoms with Crippen LogP contribution in [0.25, 0.3) is 0 Å². The summed E-state index contributed by atoms with van der Waals surface area (Å²) in [6.07, 6.45) is 2.34. The number of carbonyl (C=O) groups excluding carboxylic acids is 3. The molecule has 0 saturated heterocycles. The Bertz CT molecular complexity index is 1040. The first-order valence-electron chi connectivity index (χ1n) is 10.2. The summed E-state index contributed by atoms with van der Waals surface area (Å²) in [4.78, 5) is 36.9. The Kier molecular flexibility index (Phi) is 7.71. The van der Waals surface area contributed by atoms with Crippen LogP contribution in [0.2, 0.25) is 0 Å². The molecule has 0 unspecified atom stereocenters.